The SMILES string of the molecule is O=C(CCCCC(=O)OCCCCOC(=O)c1ccc(C(=O)OCCCCO)cc1)OCCCCOC(=O)c1ccc(C(=O)OCCCCO)cc1. The second-order valence-corrected chi connectivity index (χ2v) is 11.6. The molecule has 0 aliphatic carbocycles. The molecule has 0 amide bonds. The second kappa shape index (κ2) is 26.9. The van der Waals surface area contributed by atoms with E-state index in [9.17, 15) is 28.8 Å². The molecule has 0 radical (unpaired) electrons. The highest BCUT2D eigenvalue weighted by Crippen LogP contribution is 2.11. The van der Waals surface area contributed by atoms with Gasteiger partial charge in [-0.2, -0.15) is 0 Å². The van der Waals surface area contributed by atoms with Crippen LogP contribution in [-0.2, 0) is 38.0 Å². The molecule has 286 valence electrons. The van der Waals surface area contributed by atoms with Crippen molar-refractivity contribution in [3.05, 3.63) is 70.8 Å². The summed E-state index contributed by atoms with van der Waals surface area (Å²) in [5.41, 5.74) is 1.20. The molecule has 0 atom stereocenters. The molecule has 14 nitrogen and oxygen atoms in total. The Hall–Kier alpha value is -4.82. The first-order valence-electron chi connectivity index (χ1n) is 17.7. The summed E-state index contributed by atoms with van der Waals surface area (Å²) in [7, 11) is 0. The van der Waals surface area contributed by atoms with Gasteiger partial charge in [-0.1, -0.05) is 0 Å². The summed E-state index contributed by atoms with van der Waals surface area (Å²) in [5, 5.41) is 17.5. The lowest BCUT2D eigenvalue weighted by molar-refractivity contribution is -0.146. The minimum atomic E-state index is -0.534. The minimum absolute atomic E-state index is 0.0365. The highest BCUT2D eigenvalue weighted by Gasteiger charge is 2.13. The molecule has 2 rings (SSSR count). The summed E-state index contributed by atoms with van der Waals surface area (Å²) in [5.74, 6) is -2.84. The van der Waals surface area contributed by atoms with Crippen LogP contribution in [0.3, 0.4) is 0 Å². The molecule has 0 unspecified atom stereocenters. The molecule has 0 aromatic heterocycles. The Kier molecular flexibility index (Phi) is 22.4. The molecule has 2 N–H and O–H groups in total. The number of esters is 6. The van der Waals surface area contributed by atoms with Crippen molar-refractivity contribution < 1.29 is 67.4 Å². The average Bonchev–Trinajstić information content (AvgIpc) is 3.16. The van der Waals surface area contributed by atoms with E-state index in [0.29, 0.717) is 86.5 Å². The van der Waals surface area contributed by atoms with Crippen LogP contribution >= 0.6 is 0 Å². The maximum atomic E-state index is 12.2. The third kappa shape index (κ3) is 19.0. The van der Waals surface area contributed by atoms with Crippen molar-refractivity contribution in [2.24, 2.45) is 0 Å². The zero-order chi connectivity index (χ0) is 37.8. The Labute approximate surface area is 303 Å². The van der Waals surface area contributed by atoms with Gasteiger partial charge in [0.25, 0.3) is 0 Å². The number of aliphatic hydroxyl groups is 2. The first kappa shape index (κ1) is 43.3. The second-order valence-electron chi connectivity index (χ2n) is 11.6. The third-order valence-electron chi connectivity index (χ3n) is 7.37. The summed E-state index contributed by atoms with van der Waals surface area (Å²) in [6.45, 7) is 1.13. The fourth-order valence-corrected chi connectivity index (χ4v) is 4.37. The van der Waals surface area contributed by atoms with Crippen molar-refractivity contribution in [3.63, 3.8) is 0 Å². The van der Waals surface area contributed by atoms with Gasteiger partial charge in [0.05, 0.1) is 61.9 Å². The van der Waals surface area contributed by atoms with Crippen molar-refractivity contribution in [2.45, 2.75) is 77.0 Å². The molecular formula is C38H50O14. The van der Waals surface area contributed by atoms with Gasteiger partial charge in [0.2, 0.25) is 0 Å². The van der Waals surface area contributed by atoms with E-state index in [1.54, 1.807) is 0 Å². The van der Waals surface area contributed by atoms with Gasteiger partial charge in [0.15, 0.2) is 0 Å². The average molecular weight is 731 g/mol. The minimum Gasteiger partial charge on any atom is -0.466 e. The molecular weight excluding hydrogens is 680 g/mol. The lowest BCUT2D eigenvalue weighted by Crippen LogP contribution is -2.11. The van der Waals surface area contributed by atoms with Crippen molar-refractivity contribution in [2.75, 3.05) is 52.9 Å². The van der Waals surface area contributed by atoms with Crippen LogP contribution in [0.5, 0.6) is 0 Å². The summed E-state index contributed by atoms with van der Waals surface area (Å²) in [6.07, 6.45) is 5.49. The van der Waals surface area contributed by atoms with Crippen LogP contribution < -0.4 is 0 Å². The van der Waals surface area contributed by atoms with Gasteiger partial charge in [0, 0.05) is 26.1 Å². The number of rotatable bonds is 27. The molecule has 0 aliphatic rings. The fraction of sp³-hybridized carbons (Fsp3) is 0.526. The van der Waals surface area contributed by atoms with E-state index >= 15 is 0 Å². The van der Waals surface area contributed by atoms with Gasteiger partial charge >= 0.3 is 35.8 Å². The predicted molar refractivity (Wildman–Crippen MR) is 186 cm³/mol. The number of benzene rings is 2. The Morgan fingerprint density at radius 1 is 0.346 bits per heavy atom. The quantitative estimate of drug-likeness (QED) is 0.0724. The predicted octanol–water partition coefficient (Wildman–Crippen LogP) is 4.77. The van der Waals surface area contributed by atoms with Crippen LogP contribution in [0, 0.1) is 0 Å². The number of hydrogen-bond donors (Lipinski definition) is 2. The lowest BCUT2D eigenvalue weighted by atomic mass is 10.1. The van der Waals surface area contributed by atoms with E-state index in [4.69, 9.17) is 38.6 Å². The smallest absolute Gasteiger partial charge is 0.338 e. The molecule has 0 saturated heterocycles. The number of carbonyl (C=O) groups is 6. The number of ether oxygens (including phenoxy) is 6. The van der Waals surface area contributed by atoms with Gasteiger partial charge in [0.1, 0.15) is 0 Å². The standard InChI is InChI=1S/C38H50O14/c39-21-3-5-25-49-35(43)29-13-17-31(18-14-29)37(45)51-27-9-7-23-47-33(41)11-1-2-12-34(42)48-24-8-10-28-52-38(46)32-19-15-30(16-20-32)36(44)50-26-6-4-22-40/h13-20,39-40H,1-12,21-28H2. The molecule has 0 spiro atoms. The molecule has 0 heterocycles. The van der Waals surface area contributed by atoms with E-state index in [1.807, 2.05) is 0 Å². The molecule has 14 heteroatoms. The van der Waals surface area contributed by atoms with Gasteiger partial charge in [-0.05, 0) is 113 Å². The van der Waals surface area contributed by atoms with Crippen molar-refractivity contribution in [1.82, 2.24) is 0 Å². The third-order valence-corrected chi connectivity index (χ3v) is 7.37. The molecule has 0 fully saturated rings. The van der Waals surface area contributed by atoms with Crippen LogP contribution in [0.15, 0.2) is 48.5 Å². The van der Waals surface area contributed by atoms with Crippen LogP contribution in [0.2, 0.25) is 0 Å². The number of unbranched alkanes of at least 4 members (excludes halogenated alkanes) is 5. The molecule has 0 saturated carbocycles. The van der Waals surface area contributed by atoms with Crippen molar-refractivity contribution in [1.29, 1.82) is 0 Å². The Morgan fingerprint density at radius 2 is 0.577 bits per heavy atom. The molecule has 0 bridgehead atoms. The maximum absolute atomic E-state index is 12.2. The van der Waals surface area contributed by atoms with Crippen molar-refractivity contribution in [3.8, 4) is 0 Å². The van der Waals surface area contributed by atoms with Gasteiger partial charge < -0.3 is 38.6 Å². The van der Waals surface area contributed by atoms with E-state index in [0.717, 1.165) is 0 Å². The first-order valence-corrected chi connectivity index (χ1v) is 17.7. The number of aliphatic hydroxyl groups excluding tert-OH is 2. The molecule has 0 aliphatic heterocycles. The van der Waals surface area contributed by atoms with Gasteiger partial charge in [-0.25, -0.2) is 19.2 Å². The summed E-state index contributed by atoms with van der Waals surface area (Å²) >= 11 is 0. The zero-order valence-electron chi connectivity index (χ0n) is 29.6. The number of hydrogen-bond acceptors (Lipinski definition) is 14. The van der Waals surface area contributed by atoms with E-state index < -0.39 is 23.9 Å². The Bertz CT molecular complexity index is 1270. The highest BCUT2D eigenvalue weighted by atomic mass is 16.6. The van der Waals surface area contributed by atoms with E-state index in [2.05, 4.69) is 0 Å². The van der Waals surface area contributed by atoms with Crippen LogP contribution in [-0.4, -0.2) is 98.9 Å². The van der Waals surface area contributed by atoms with Crippen LogP contribution in [0.1, 0.15) is 118 Å². The monoisotopic (exact) mass is 730 g/mol. The normalized spacial score (nSPS) is 10.6. The summed E-state index contributed by atoms with van der Waals surface area (Å²) < 4.78 is 31.0. The van der Waals surface area contributed by atoms with E-state index in [-0.39, 0.29) is 77.6 Å². The van der Waals surface area contributed by atoms with Crippen molar-refractivity contribution >= 4 is 35.8 Å². The molecule has 52 heavy (non-hydrogen) atoms. The first-order chi connectivity index (χ1) is 25.2. The summed E-state index contributed by atoms with van der Waals surface area (Å²) in [4.78, 5) is 72.3. The highest BCUT2D eigenvalue weighted by molar-refractivity contribution is 5.94. The van der Waals surface area contributed by atoms with E-state index in [1.165, 1.54) is 48.5 Å². The largest absolute Gasteiger partial charge is 0.466 e. The van der Waals surface area contributed by atoms with Crippen LogP contribution in [0.4, 0.5) is 0 Å². The zero-order valence-corrected chi connectivity index (χ0v) is 29.6. The fourth-order valence-electron chi connectivity index (χ4n) is 4.37. The summed E-state index contributed by atoms with van der Waals surface area (Å²) in [6, 6.07) is 11.8. The Balaban J connectivity index is 1.43. The van der Waals surface area contributed by atoms with Gasteiger partial charge in [-0.3, -0.25) is 9.59 Å². The molecule has 2 aromatic rings. The topological polar surface area (TPSA) is 198 Å². The lowest BCUT2D eigenvalue weighted by Gasteiger charge is -2.08. The molecule has 2 aromatic carbocycles. The Morgan fingerprint density at radius 3 is 0.827 bits per heavy atom. The van der Waals surface area contributed by atoms with Gasteiger partial charge in [-0.15, -0.1) is 0 Å². The number of carbonyl (C=O) groups excluding carboxylic acids is 6. The maximum Gasteiger partial charge on any atom is 0.338 e. The van der Waals surface area contributed by atoms with Crippen LogP contribution in [0.25, 0.3) is 0 Å².